The fraction of sp³-hybridized carbons (Fsp3) is 0.333. The predicted molar refractivity (Wildman–Crippen MR) is 124 cm³/mol. The lowest BCUT2D eigenvalue weighted by molar-refractivity contribution is -0.128. The molecule has 0 aliphatic carbocycles. The van der Waals surface area contributed by atoms with Crippen molar-refractivity contribution in [2.75, 3.05) is 24.7 Å². The normalized spacial score (nSPS) is 17.2. The van der Waals surface area contributed by atoms with Gasteiger partial charge in [0.25, 0.3) is 0 Å². The van der Waals surface area contributed by atoms with Gasteiger partial charge in [0.05, 0.1) is 24.1 Å². The highest BCUT2D eigenvalue weighted by atomic mass is 32.2. The molecule has 0 spiro atoms. The van der Waals surface area contributed by atoms with E-state index in [1.165, 1.54) is 12.1 Å². The Balaban J connectivity index is 1.38. The summed E-state index contributed by atoms with van der Waals surface area (Å²) in [5.41, 5.74) is 2.83. The highest BCUT2D eigenvalue weighted by Crippen LogP contribution is 2.38. The van der Waals surface area contributed by atoms with Crippen molar-refractivity contribution in [3.05, 3.63) is 66.1 Å². The quantitative estimate of drug-likeness (QED) is 0.520. The Morgan fingerprint density at radius 3 is 2.87 bits per heavy atom. The summed E-state index contributed by atoms with van der Waals surface area (Å²) in [6.45, 7) is 2.81. The lowest BCUT2D eigenvalue weighted by Crippen LogP contribution is -2.30. The van der Waals surface area contributed by atoms with Gasteiger partial charge in [0.2, 0.25) is 5.91 Å². The van der Waals surface area contributed by atoms with Crippen LogP contribution in [0.15, 0.2) is 54.7 Å². The molecule has 0 saturated carbocycles. The number of thioether (sulfide) groups is 1. The molecule has 2 heterocycles. The zero-order valence-electron chi connectivity index (χ0n) is 17.7. The van der Waals surface area contributed by atoms with Gasteiger partial charge in [-0.3, -0.25) is 9.78 Å². The molecule has 2 atom stereocenters. The number of halogens is 1. The van der Waals surface area contributed by atoms with E-state index in [9.17, 15) is 9.18 Å². The Hall–Kier alpha value is -2.80. The van der Waals surface area contributed by atoms with Crippen molar-refractivity contribution in [2.45, 2.75) is 31.2 Å². The molecule has 3 aromatic rings. The molecule has 31 heavy (non-hydrogen) atoms. The van der Waals surface area contributed by atoms with E-state index in [0.717, 1.165) is 40.7 Å². The molecular formula is C24H26FN3O2S. The van der Waals surface area contributed by atoms with Gasteiger partial charge >= 0.3 is 0 Å². The van der Waals surface area contributed by atoms with Crippen LogP contribution in [-0.2, 0) is 4.79 Å². The van der Waals surface area contributed by atoms with E-state index in [1.807, 2.05) is 29.2 Å². The Labute approximate surface area is 186 Å². The predicted octanol–water partition coefficient (Wildman–Crippen LogP) is 5.24. The van der Waals surface area contributed by atoms with E-state index in [-0.39, 0.29) is 23.1 Å². The standard InChI is InChI=1S/C24H26FN3O2S/c1-16(27-21-14-20(30-2)13-18-6-3-11-26-23(18)21)5-4-12-28-22(29)15-31-24(28)17-7-9-19(25)10-8-17/h3,6-11,13-14,16,24,27H,4-5,12,15H2,1-2H3. The molecule has 2 unspecified atom stereocenters. The summed E-state index contributed by atoms with van der Waals surface area (Å²) in [7, 11) is 1.66. The maximum atomic E-state index is 13.3. The van der Waals surface area contributed by atoms with E-state index >= 15 is 0 Å². The number of hydrogen-bond donors (Lipinski definition) is 1. The molecule has 1 aromatic heterocycles. The average molecular weight is 440 g/mol. The van der Waals surface area contributed by atoms with Crippen LogP contribution in [0.5, 0.6) is 5.75 Å². The molecule has 1 aliphatic heterocycles. The number of amides is 1. The molecule has 1 saturated heterocycles. The van der Waals surface area contributed by atoms with E-state index in [2.05, 4.69) is 17.2 Å². The fourth-order valence-corrected chi connectivity index (χ4v) is 5.12. The SMILES string of the molecule is COc1cc(NC(C)CCCN2C(=O)CSC2c2ccc(F)cc2)c2ncccc2c1. The molecule has 2 aromatic carbocycles. The monoisotopic (exact) mass is 439 g/mol. The number of anilines is 1. The van der Waals surface area contributed by atoms with Crippen LogP contribution in [0, 0.1) is 5.82 Å². The Kier molecular flexibility index (Phi) is 6.61. The number of carbonyl (C=O) groups excluding carboxylic acids is 1. The van der Waals surface area contributed by atoms with Crippen molar-refractivity contribution in [3.63, 3.8) is 0 Å². The van der Waals surface area contributed by atoms with Crippen LogP contribution >= 0.6 is 11.8 Å². The van der Waals surface area contributed by atoms with Crippen LogP contribution in [0.1, 0.15) is 30.7 Å². The van der Waals surface area contributed by atoms with Crippen molar-refractivity contribution in [1.29, 1.82) is 0 Å². The number of nitrogens with zero attached hydrogens (tertiary/aromatic N) is 2. The van der Waals surface area contributed by atoms with Gasteiger partial charge in [-0.2, -0.15) is 0 Å². The third-order valence-electron chi connectivity index (χ3n) is 5.48. The van der Waals surface area contributed by atoms with Gasteiger partial charge in [0.1, 0.15) is 16.9 Å². The second-order valence-electron chi connectivity index (χ2n) is 7.74. The van der Waals surface area contributed by atoms with Crippen molar-refractivity contribution in [2.24, 2.45) is 0 Å². The number of pyridine rings is 1. The van der Waals surface area contributed by atoms with Crippen molar-refractivity contribution in [1.82, 2.24) is 9.88 Å². The smallest absolute Gasteiger partial charge is 0.233 e. The summed E-state index contributed by atoms with van der Waals surface area (Å²) in [6.07, 6.45) is 3.56. The van der Waals surface area contributed by atoms with Crippen molar-refractivity contribution >= 4 is 34.3 Å². The summed E-state index contributed by atoms with van der Waals surface area (Å²) in [5.74, 6) is 1.14. The molecule has 0 bridgehead atoms. The van der Waals surface area contributed by atoms with Crippen LogP contribution < -0.4 is 10.1 Å². The van der Waals surface area contributed by atoms with E-state index < -0.39 is 0 Å². The number of hydrogen-bond acceptors (Lipinski definition) is 5. The molecular weight excluding hydrogens is 413 g/mol. The molecule has 1 N–H and O–H groups in total. The zero-order valence-corrected chi connectivity index (χ0v) is 18.5. The molecule has 1 fully saturated rings. The van der Waals surface area contributed by atoms with Crippen LogP contribution in [0.4, 0.5) is 10.1 Å². The topological polar surface area (TPSA) is 54.5 Å². The van der Waals surface area contributed by atoms with Crippen LogP contribution in [-0.4, -0.2) is 41.2 Å². The Morgan fingerprint density at radius 2 is 2.10 bits per heavy atom. The van der Waals surface area contributed by atoms with Gasteiger partial charge in [0, 0.05) is 30.2 Å². The largest absolute Gasteiger partial charge is 0.497 e. The number of methoxy groups -OCH3 is 1. The van der Waals surface area contributed by atoms with Gasteiger partial charge in [-0.15, -0.1) is 11.8 Å². The van der Waals surface area contributed by atoms with Crippen molar-refractivity contribution < 1.29 is 13.9 Å². The van der Waals surface area contributed by atoms with E-state index in [4.69, 9.17) is 4.74 Å². The lowest BCUT2D eigenvalue weighted by Gasteiger charge is -2.25. The number of benzene rings is 2. The van der Waals surface area contributed by atoms with Gasteiger partial charge in [-0.05, 0) is 49.6 Å². The lowest BCUT2D eigenvalue weighted by atomic mass is 10.1. The average Bonchev–Trinajstić information content (AvgIpc) is 3.14. The van der Waals surface area contributed by atoms with Gasteiger partial charge < -0.3 is 15.0 Å². The van der Waals surface area contributed by atoms with Crippen LogP contribution in [0.25, 0.3) is 10.9 Å². The second-order valence-corrected chi connectivity index (χ2v) is 8.81. The number of nitrogens with one attached hydrogen (secondary N) is 1. The molecule has 1 amide bonds. The fourth-order valence-electron chi connectivity index (χ4n) is 3.90. The molecule has 4 rings (SSSR count). The molecule has 162 valence electrons. The summed E-state index contributed by atoms with van der Waals surface area (Å²) >= 11 is 1.60. The number of fused-ring (bicyclic) bond motifs is 1. The third kappa shape index (κ3) is 4.93. The zero-order chi connectivity index (χ0) is 21.8. The Morgan fingerprint density at radius 1 is 1.29 bits per heavy atom. The number of aromatic nitrogens is 1. The van der Waals surface area contributed by atoms with E-state index in [1.54, 1.807) is 37.2 Å². The maximum absolute atomic E-state index is 13.3. The van der Waals surface area contributed by atoms with Crippen molar-refractivity contribution in [3.8, 4) is 5.75 Å². The first-order chi connectivity index (χ1) is 15.0. The number of ether oxygens (including phenoxy) is 1. The van der Waals surface area contributed by atoms with Gasteiger partial charge in [-0.25, -0.2) is 4.39 Å². The van der Waals surface area contributed by atoms with Gasteiger partial charge in [0.15, 0.2) is 0 Å². The number of carbonyl (C=O) groups is 1. The molecule has 5 nitrogen and oxygen atoms in total. The second kappa shape index (κ2) is 9.56. The first kappa shape index (κ1) is 21.4. The summed E-state index contributed by atoms with van der Waals surface area (Å²) in [4.78, 5) is 18.8. The minimum Gasteiger partial charge on any atom is -0.497 e. The minimum atomic E-state index is -0.260. The maximum Gasteiger partial charge on any atom is 0.233 e. The van der Waals surface area contributed by atoms with Crippen LogP contribution in [0.2, 0.25) is 0 Å². The first-order valence-corrected chi connectivity index (χ1v) is 11.5. The Bertz CT molecular complexity index is 1060. The highest BCUT2D eigenvalue weighted by Gasteiger charge is 2.32. The first-order valence-electron chi connectivity index (χ1n) is 10.4. The summed E-state index contributed by atoms with van der Waals surface area (Å²) in [5, 5.41) is 4.54. The summed E-state index contributed by atoms with van der Waals surface area (Å²) < 4.78 is 18.7. The van der Waals surface area contributed by atoms with Gasteiger partial charge in [-0.1, -0.05) is 18.2 Å². The third-order valence-corrected chi connectivity index (χ3v) is 6.73. The van der Waals surface area contributed by atoms with Crippen LogP contribution in [0.3, 0.4) is 0 Å². The summed E-state index contributed by atoms with van der Waals surface area (Å²) in [6, 6.07) is 14.5. The van der Waals surface area contributed by atoms with E-state index in [0.29, 0.717) is 12.3 Å². The number of rotatable bonds is 8. The highest BCUT2D eigenvalue weighted by molar-refractivity contribution is 8.00. The molecule has 0 radical (unpaired) electrons. The minimum absolute atomic E-state index is 0.0390. The molecule has 1 aliphatic rings. The molecule has 7 heteroatoms.